The predicted molar refractivity (Wildman–Crippen MR) is 61.3 cm³/mol. The minimum Gasteiger partial charge on any atom is -0.299 e. The van der Waals surface area contributed by atoms with E-state index in [0.717, 1.165) is 24.2 Å². The van der Waals surface area contributed by atoms with Gasteiger partial charge in [-0.2, -0.15) is 0 Å². The molecule has 0 amide bonds. The fraction of sp³-hybridized carbons (Fsp3) is 0.545. The number of nitrogens with zero attached hydrogens (tertiary/aromatic N) is 2. The Bertz CT molecular complexity index is 307. The highest BCUT2D eigenvalue weighted by atomic mass is 79.9. The Morgan fingerprint density at radius 2 is 2.13 bits per heavy atom. The normalized spacial score (nSPS) is 19.3. The van der Waals surface area contributed by atoms with Crippen molar-refractivity contribution in [2.24, 2.45) is 0 Å². The minimum absolute atomic E-state index is 0.593. The lowest BCUT2D eigenvalue weighted by atomic mass is 10.1. The summed E-state index contributed by atoms with van der Waals surface area (Å²) in [7, 11) is 0. The molecule has 2 heterocycles. The Hall–Kier alpha value is -0.480. The zero-order valence-corrected chi connectivity index (χ0v) is 10.1. The van der Waals surface area contributed by atoms with Gasteiger partial charge in [-0.15, -0.1) is 0 Å². The molecule has 0 radical (unpaired) electrons. The highest BCUT2D eigenvalue weighted by Crippen LogP contribution is 2.16. The summed E-state index contributed by atoms with van der Waals surface area (Å²) in [5.41, 5.74) is 1.19. The van der Waals surface area contributed by atoms with Crippen LogP contribution < -0.4 is 0 Å². The topological polar surface area (TPSA) is 16.1 Å². The third-order valence-electron chi connectivity index (χ3n) is 2.71. The molecular weight excluding hydrogens is 259 g/mol. The lowest BCUT2D eigenvalue weighted by Gasteiger charge is -2.28. The van der Waals surface area contributed by atoms with Gasteiger partial charge in [0.25, 0.3) is 0 Å². The van der Waals surface area contributed by atoms with E-state index < -0.39 is 6.17 Å². The molecule has 2 rings (SSSR count). The van der Waals surface area contributed by atoms with Crippen molar-refractivity contribution >= 4 is 15.9 Å². The summed E-state index contributed by atoms with van der Waals surface area (Å²) in [5, 5.41) is 0. The highest BCUT2D eigenvalue weighted by Gasteiger charge is 2.18. The predicted octanol–water partition coefficient (Wildman–Crippen LogP) is 2.78. The van der Waals surface area contributed by atoms with Crippen molar-refractivity contribution in [3.63, 3.8) is 0 Å². The number of halogens is 2. The first-order chi connectivity index (χ1) is 7.24. The maximum absolute atomic E-state index is 12.9. The maximum Gasteiger partial charge on any atom is 0.106 e. The number of likely N-dealkylation sites (tertiary alicyclic amines) is 1. The third-order valence-corrected chi connectivity index (χ3v) is 3.18. The van der Waals surface area contributed by atoms with E-state index in [1.165, 1.54) is 5.56 Å². The molecule has 0 atom stereocenters. The third kappa shape index (κ3) is 3.24. The smallest absolute Gasteiger partial charge is 0.106 e. The van der Waals surface area contributed by atoms with E-state index in [1.54, 1.807) is 0 Å². The molecule has 1 aliphatic rings. The molecule has 1 saturated heterocycles. The number of aromatic nitrogens is 1. The molecule has 0 aliphatic carbocycles. The summed E-state index contributed by atoms with van der Waals surface area (Å²) in [6.45, 7) is 2.60. The van der Waals surface area contributed by atoms with Gasteiger partial charge in [-0.3, -0.25) is 4.90 Å². The van der Waals surface area contributed by atoms with E-state index in [-0.39, 0.29) is 0 Å². The van der Waals surface area contributed by atoms with Gasteiger partial charge < -0.3 is 0 Å². The Kier molecular flexibility index (Phi) is 3.70. The molecule has 1 fully saturated rings. The van der Waals surface area contributed by atoms with Gasteiger partial charge in [0, 0.05) is 25.8 Å². The zero-order valence-electron chi connectivity index (χ0n) is 8.50. The molecule has 4 heteroatoms. The lowest BCUT2D eigenvalue weighted by molar-refractivity contribution is 0.145. The van der Waals surface area contributed by atoms with Gasteiger partial charge in [0.2, 0.25) is 0 Å². The summed E-state index contributed by atoms with van der Waals surface area (Å²) in [6.07, 6.45) is 2.61. The van der Waals surface area contributed by atoms with Crippen molar-refractivity contribution in [1.29, 1.82) is 0 Å². The molecule has 1 aromatic heterocycles. The van der Waals surface area contributed by atoms with Gasteiger partial charge in [0.15, 0.2) is 0 Å². The largest absolute Gasteiger partial charge is 0.299 e. The van der Waals surface area contributed by atoms with Gasteiger partial charge >= 0.3 is 0 Å². The zero-order chi connectivity index (χ0) is 10.7. The number of hydrogen-bond donors (Lipinski definition) is 0. The Labute approximate surface area is 97.6 Å². The van der Waals surface area contributed by atoms with Crippen LogP contribution in [0.25, 0.3) is 0 Å². The van der Waals surface area contributed by atoms with Gasteiger partial charge in [-0.25, -0.2) is 9.37 Å². The molecule has 15 heavy (non-hydrogen) atoms. The van der Waals surface area contributed by atoms with Crippen LogP contribution in [0.5, 0.6) is 0 Å². The Morgan fingerprint density at radius 3 is 2.73 bits per heavy atom. The standard InChI is InChI=1S/C11H14BrFN2/c12-11-2-1-9(7-14-11)8-15-5-3-10(13)4-6-15/h1-2,7,10H,3-6,8H2. The molecular formula is C11H14BrFN2. The highest BCUT2D eigenvalue weighted by molar-refractivity contribution is 9.10. The first kappa shape index (κ1) is 11.0. The number of pyridine rings is 1. The maximum atomic E-state index is 12.9. The van der Waals surface area contributed by atoms with Crippen LogP contribution >= 0.6 is 15.9 Å². The van der Waals surface area contributed by atoms with Crippen molar-refractivity contribution in [3.05, 3.63) is 28.5 Å². The fourth-order valence-corrected chi connectivity index (χ4v) is 2.05. The molecule has 1 aromatic rings. The van der Waals surface area contributed by atoms with Crippen molar-refractivity contribution < 1.29 is 4.39 Å². The second-order valence-electron chi connectivity index (χ2n) is 3.94. The molecule has 0 bridgehead atoms. The van der Waals surface area contributed by atoms with Crippen LogP contribution in [0.3, 0.4) is 0 Å². The van der Waals surface area contributed by atoms with Crippen LogP contribution in [0.2, 0.25) is 0 Å². The average molecular weight is 273 g/mol. The molecule has 0 unspecified atom stereocenters. The molecule has 0 saturated carbocycles. The number of piperidine rings is 1. The number of rotatable bonds is 2. The van der Waals surface area contributed by atoms with E-state index in [0.29, 0.717) is 12.8 Å². The van der Waals surface area contributed by atoms with Crippen LogP contribution in [-0.4, -0.2) is 29.1 Å². The summed E-state index contributed by atoms with van der Waals surface area (Å²) < 4.78 is 13.8. The minimum atomic E-state index is -0.593. The molecule has 0 N–H and O–H groups in total. The van der Waals surface area contributed by atoms with Gasteiger partial charge in [-0.1, -0.05) is 6.07 Å². The van der Waals surface area contributed by atoms with E-state index >= 15 is 0 Å². The van der Waals surface area contributed by atoms with E-state index in [4.69, 9.17) is 0 Å². The van der Waals surface area contributed by atoms with Crippen LogP contribution in [0, 0.1) is 0 Å². The van der Waals surface area contributed by atoms with Gasteiger partial charge in [0.05, 0.1) is 0 Å². The van der Waals surface area contributed by atoms with Crippen LogP contribution in [0.15, 0.2) is 22.9 Å². The monoisotopic (exact) mass is 272 g/mol. The van der Waals surface area contributed by atoms with E-state index in [1.807, 2.05) is 12.3 Å². The van der Waals surface area contributed by atoms with Gasteiger partial charge in [-0.05, 0) is 40.4 Å². The lowest BCUT2D eigenvalue weighted by Crippen LogP contribution is -2.33. The summed E-state index contributed by atoms with van der Waals surface area (Å²) >= 11 is 3.30. The van der Waals surface area contributed by atoms with E-state index in [2.05, 4.69) is 31.9 Å². The van der Waals surface area contributed by atoms with Crippen molar-refractivity contribution in [1.82, 2.24) is 9.88 Å². The number of alkyl halides is 1. The van der Waals surface area contributed by atoms with Crippen LogP contribution in [0.4, 0.5) is 4.39 Å². The average Bonchev–Trinajstić information content (AvgIpc) is 2.25. The molecule has 0 spiro atoms. The first-order valence-electron chi connectivity index (χ1n) is 5.21. The first-order valence-corrected chi connectivity index (χ1v) is 6.00. The molecule has 2 nitrogen and oxygen atoms in total. The quantitative estimate of drug-likeness (QED) is 0.770. The van der Waals surface area contributed by atoms with Crippen molar-refractivity contribution in [2.75, 3.05) is 13.1 Å². The number of hydrogen-bond acceptors (Lipinski definition) is 2. The summed E-state index contributed by atoms with van der Waals surface area (Å²) in [4.78, 5) is 6.45. The van der Waals surface area contributed by atoms with Crippen LogP contribution in [-0.2, 0) is 6.54 Å². The van der Waals surface area contributed by atoms with Gasteiger partial charge in [0.1, 0.15) is 10.8 Å². The molecule has 1 aliphatic heterocycles. The second kappa shape index (κ2) is 5.03. The Morgan fingerprint density at radius 1 is 1.40 bits per heavy atom. The molecule has 82 valence electrons. The SMILES string of the molecule is FC1CCN(Cc2ccc(Br)nc2)CC1. The van der Waals surface area contributed by atoms with Crippen LogP contribution in [0.1, 0.15) is 18.4 Å². The summed E-state index contributed by atoms with van der Waals surface area (Å²) in [5.74, 6) is 0. The second-order valence-corrected chi connectivity index (χ2v) is 4.75. The van der Waals surface area contributed by atoms with Crippen molar-refractivity contribution in [2.45, 2.75) is 25.6 Å². The Balaban J connectivity index is 1.89. The molecule has 0 aromatic carbocycles. The fourth-order valence-electron chi connectivity index (χ4n) is 1.82. The summed E-state index contributed by atoms with van der Waals surface area (Å²) in [6, 6.07) is 4.00. The van der Waals surface area contributed by atoms with Crippen molar-refractivity contribution in [3.8, 4) is 0 Å². The van der Waals surface area contributed by atoms with E-state index in [9.17, 15) is 4.39 Å².